The Morgan fingerprint density at radius 2 is 0.587 bits per heavy atom. The van der Waals surface area contributed by atoms with Gasteiger partial charge in [-0.15, -0.1) is 0 Å². The van der Waals surface area contributed by atoms with E-state index in [1.807, 2.05) is 0 Å². The van der Waals surface area contributed by atoms with E-state index in [-0.39, 0.29) is 52.4 Å². The van der Waals surface area contributed by atoms with Crippen molar-refractivity contribution in [2.45, 2.75) is 77.0 Å². The van der Waals surface area contributed by atoms with Crippen LogP contribution in [-0.2, 0) is 0 Å². The first kappa shape index (κ1) is 32.1. The summed E-state index contributed by atoms with van der Waals surface area (Å²) in [6.45, 7) is 2.04. The van der Waals surface area contributed by atoms with Gasteiger partial charge in [0.15, 0.2) is 46.0 Å². The zero-order valence-corrected chi connectivity index (χ0v) is 26.0. The third-order valence-electron chi connectivity index (χ3n) is 9.91. The van der Waals surface area contributed by atoms with Crippen molar-refractivity contribution in [2.75, 3.05) is 72.0 Å². The molecule has 0 unspecified atom stereocenters. The van der Waals surface area contributed by atoms with Gasteiger partial charge in [0.2, 0.25) is 0 Å². The average molecular weight is 649 g/mol. The molecule has 4 aliphatic heterocycles. The van der Waals surface area contributed by atoms with Crippen molar-refractivity contribution in [2.24, 2.45) is 0 Å². The first-order valence-corrected chi connectivity index (χ1v) is 16.6. The highest BCUT2D eigenvalue weighted by Gasteiger charge is 2.44. The van der Waals surface area contributed by atoms with Gasteiger partial charge < -0.3 is 19.6 Å². The minimum absolute atomic E-state index is 0.256. The van der Waals surface area contributed by atoms with Gasteiger partial charge in [-0.1, -0.05) is 0 Å². The Labute approximate surface area is 265 Å². The van der Waals surface area contributed by atoms with Gasteiger partial charge in [0.25, 0.3) is 0 Å². The molecule has 0 amide bonds. The van der Waals surface area contributed by atoms with Crippen LogP contribution in [-0.4, -0.2) is 62.2 Å². The number of hydrogen-bond donors (Lipinski definition) is 0. The number of nitrogens with zero attached hydrogens (tertiary/aromatic N) is 6. The van der Waals surface area contributed by atoms with Crippen molar-refractivity contribution in [3.05, 3.63) is 43.5 Å². The molecule has 0 spiro atoms. The molecule has 2 aromatic rings. The highest BCUT2D eigenvalue weighted by atomic mass is 19.1. The zero-order chi connectivity index (χ0) is 32.5. The summed E-state index contributed by atoms with van der Waals surface area (Å²) < 4.78 is 68.2. The van der Waals surface area contributed by atoms with E-state index < -0.39 is 78.4 Å². The summed E-state index contributed by atoms with van der Waals surface area (Å²) in [5, 5.41) is 25.3. The molecule has 250 valence electrons. The molecule has 0 atom stereocenters. The lowest BCUT2D eigenvalue weighted by Crippen LogP contribution is -2.35. The molecule has 4 heterocycles. The van der Waals surface area contributed by atoms with Crippen molar-refractivity contribution in [1.82, 2.24) is 0 Å². The summed E-state index contributed by atoms with van der Waals surface area (Å²) in [6, 6.07) is 0. The largest absolute Gasteiger partial charge is 0.363 e. The predicted molar refractivity (Wildman–Crippen MR) is 169 cm³/mol. The van der Waals surface area contributed by atoms with E-state index in [1.54, 1.807) is 0 Å². The molecule has 0 aliphatic carbocycles. The van der Waals surface area contributed by atoms with E-state index in [4.69, 9.17) is 0 Å². The summed E-state index contributed by atoms with van der Waals surface area (Å²) in [7, 11) is 0. The highest BCUT2D eigenvalue weighted by molar-refractivity contribution is 5.92. The second-order valence-corrected chi connectivity index (χ2v) is 12.8. The van der Waals surface area contributed by atoms with Gasteiger partial charge >= 0.3 is 11.4 Å². The Morgan fingerprint density at radius 3 is 0.761 bits per heavy atom. The number of halogens is 4. The fourth-order valence-electron chi connectivity index (χ4n) is 7.72. The summed E-state index contributed by atoms with van der Waals surface area (Å²) in [5.41, 5.74) is -5.55. The Hall–Kier alpha value is -3.84. The smallest absolute Gasteiger partial charge is 0.321 e. The molecule has 4 aliphatic rings. The van der Waals surface area contributed by atoms with Crippen LogP contribution in [0.5, 0.6) is 0 Å². The Morgan fingerprint density at radius 1 is 0.391 bits per heavy atom. The number of piperidine rings is 4. The molecule has 46 heavy (non-hydrogen) atoms. The van der Waals surface area contributed by atoms with Crippen molar-refractivity contribution in [3.63, 3.8) is 0 Å². The first-order chi connectivity index (χ1) is 22.2. The van der Waals surface area contributed by atoms with Gasteiger partial charge in [-0.2, -0.15) is 0 Å². The van der Waals surface area contributed by atoms with Crippen LogP contribution in [0.15, 0.2) is 0 Å². The number of benzene rings is 2. The maximum atomic E-state index is 17.0. The van der Waals surface area contributed by atoms with Crippen LogP contribution in [0.2, 0.25) is 0 Å². The molecule has 10 nitrogen and oxygen atoms in total. The molecular formula is C32H40F4N6O4. The maximum absolute atomic E-state index is 17.0. The molecule has 2 aromatic carbocycles. The number of nitro benzene ring substituents is 2. The van der Waals surface area contributed by atoms with Crippen LogP contribution >= 0.6 is 0 Å². The quantitative estimate of drug-likeness (QED) is 0.171. The molecule has 4 saturated heterocycles. The fraction of sp³-hybridized carbons (Fsp3) is 0.625. The molecule has 4 fully saturated rings. The summed E-state index contributed by atoms with van der Waals surface area (Å²) in [6.07, 6.45) is 8.18. The lowest BCUT2D eigenvalue weighted by Gasteiger charge is -2.35. The van der Waals surface area contributed by atoms with E-state index >= 15 is 17.6 Å². The van der Waals surface area contributed by atoms with Crippen LogP contribution in [0.25, 0.3) is 11.1 Å². The van der Waals surface area contributed by atoms with Crippen LogP contribution in [0.1, 0.15) is 77.0 Å². The summed E-state index contributed by atoms with van der Waals surface area (Å²) in [4.78, 5) is 29.6. The summed E-state index contributed by atoms with van der Waals surface area (Å²) in [5.74, 6) is -5.69. The predicted octanol–water partition coefficient (Wildman–Crippen LogP) is 7.69. The molecule has 6 rings (SSSR count). The highest BCUT2D eigenvalue weighted by Crippen LogP contribution is 2.53. The Kier molecular flexibility index (Phi) is 9.42. The molecule has 0 bridgehead atoms. The van der Waals surface area contributed by atoms with E-state index in [1.165, 1.54) is 19.6 Å². The monoisotopic (exact) mass is 648 g/mol. The third-order valence-corrected chi connectivity index (χ3v) is 9.91. The number of hydrogen-bond acceptors (Lipinski definition) is 8. The average Bonchev–Trinajstić information content (AvgIpc) is 3.07. The maximum Gasteiger partial charge on any atom is 0.321 e. The van der Waals surface area contributed by atoms with Crippen LogP contribution in [0.3, 0.4) is 0 Å². The molecule has 0 N–H and O–H groups in total. The number of nitro groups is 2. The molecule has 14 heteroatoms. The summed E-state index contributed by atoms with van der Waals surface area (Å²) >= 11 is 0. The van der Waals surface area contributed by atoms with Gasteiger partial charge in [-0.25, -0.2) is 17.6 Å². The second kappa shape index (κ2) is 13.5. The minimum atomic E-state index is -1.42. The topological polar surface area (TPSA) is 99.2 Å². The Bertz CT molecular complexity index is 1300. The molecule has 0 aromatic heterocycles. The van der Waals surface area contributed by atoms with Crippen LogP contribution in [0.4, 0.5) is 51.7 Å². The van der Waals surface area contributed by atoms with Crippen LogP contribution < -0.4 is 19.6 Å². The van der Waals surface area contributed by atoms with E-state index in [0.717, 1.165) is 25.7 Å². The second-order valence-electron chi connectivity index (χ2n) is 12.8. The lowest BCUT2D eigenvalue weighted by molar-refractivity contribution is -0.383. The SMILES string of the molecule is O=[N+]([O-])c1c(N2CCCCC2)c(F)c(-c2c(F)c(N3CCCCC3)c([N+](=O)[O-])c(N3CCCCC3)c2F)c(F)c1N1CCCCC1. The van der Waals surface area contributed by atoms with Gasteiger partial charge in [0, 0.05) is 52.4 Å². The van der Waals surface area contributed by atoms with E-state index in [2.05, 4.69) is 0 Å². The van der Waals surface area contributed by atoms with Gasteiger partial charge in [0.1, 0.15) is 0 Å². The standard InChI is InChI=1S/C32H40F4N6O4/c33-23-21(24(34)28(38-15-7-2-8-16-38)31(41(43)44)27(23)37-13-5-1-6-14-37)22-25(35)29(39-17-9-3-10-18-39)32(42(45)46)30(26(22)36)40-19-11-4-12-20-40/h1-20H2. The zero-order valence-electron chi connectivity index (χ0n) is 26.0. The van der Waals surface area contributed by atoms with Crippen molar-refractivity contribution in [3.8, 4) is 11.1 Å². The van der Waals surface area contributed by atoms with Crippen LogP contribution in [0, 0.1) is 43.5 Å². The number of anilines is 4. The van der Waals surface area contributed by atoms with Gasteiger partial charge in [0.05, 0.1) is 21.0 Å². The number of rotatable bonds is 7. The minimum Gasteiger partial charge on any atom is -0.363 e. The molecular weight excluding hydrogens is 608 g/mol. The normalized spacial score (nSPS) is 19.5. The van der Waals surface area contributed by atoms with Gasteiger partial charge in [-0.3, -0.25) is 20.2 Å². The Balaban J connectivity index is 1.72. The lowest BCUT2D eigenvalue weighted by atomic mass is 9.94. The van der Waals surface area contributed by atoms with Gasteiger partial charge in [-0.05, 0) is 77.0 Å². The first-order valence-electron chi connectivity index (χ1n) is 16.6. The third kappa shape index (κ3) is 5.68. The van der Waals surface area contributed by atoms with Crippen molar-refractivity contribution < 1.29 is 27.4 Å². The van der Waals surface area contributed by atoms with Crippen molar-refractivity contribution in [1.29, 1.82) is 0 Å². The fourth-order valence-corrected chi connectivity index (χ4v) is 7.72. The molecule has 0 radical (unpaired) electrons. The molecule has 0 saturated carbocycles. The van der Waals surface area contributed by atoms with Crippen molar-refractivity contribution >= 4 is 34.1 Å². The van der Waals surface area contributed by atoms with E-state index in [9.17, 15) is 20.2 Å². The van der Waals surface area contributed by atoms with E-state index in [0.29, 0.717) is 51.4 Å².